The number of carboxylic acid groups (broad SMARTS) is 1. The van der Waals surface area contributed by atoms with Crippen molar-refractivity contribution in [2.24, 2.45) is 0 Å². The number of anilines is 1. The molecule has 0 radical (unpaired) electrons. The zero-order chi connectivity index (χ0) is 23.5. The molecule has 0 spiro atoms. The second-order valence-corrected chi connectivity index (χ2v) is 7.72. The van der Waals surface area contributed by atoms with Crippen LogP contribution in [0.25, 0.3) is 11.1 Å². The summed E-state index contributed by atoms with van der Waals surface area (Å²) in [7, 11) is 1.50. The van der Waals surface area contributed by atoms with E-state index < -0.39 is 5.97 Å². The quantitative estimate of drug-likeness (QED) is 0.605. The average Bonchev–Trinajstić information content (AvgIpc) is 2.84. The predicted molar refractivity (Wildman–Crippen MR) is 117 cm³/mol. The molecule has 33 heavy (non-hydrogen) atoms. The number of carbonyl (C=O) groups is 2. The van der Waals surface area contributed by atoms with Crippen LogP contribution in [0.3, 0.4) is 0 Å². The van der Waals surface area contributed by atoms with E-state index in [4.69, 9.17) is 10.5 Å². The minimum atomic E-state index is -1.15. The lowest BCUT2D eigenvalue weighted by Crippen LogP contribution is -2.38. The van der Waals surface area contributed by atoms with Gasteiger partial charge in [0, 0.05) is 36.8 Å². The van der Waals surface area contributed by atoms with Gasteiger partial charge in [-0.15, -0.1) is 5.10 Å². The van der Waals surface area contributed by atoms with Gasteiger partial charge in [-0.05, 0) is 36.6 Å². The van der Waals surface area contributed by atoms with Crippen molar-refractivity contribution < 1.29 is 23.8 Å². The number of nitrogen functional groups attached to an aromatic ring is 1. The van der Waals surface area contributed by atoms with E-state index in [0.29, 0.717) is 42.9 Å². The van der Waals surface area contributed by atoms with Crippen LogP contribution in [0, 0.1) is 5.82 Å². The van der Waals surface area contributed by atoms with Crippen LogP contribution in [0.4, 0.5) is 10.2 Å². The number of amides is 1. The molecule has 3 aromatic rings. The van der Waals surface area contributed by atoms with Gasteiger partial charge in [-0.1, -0.05) is 12.1 Å². The minimum Gasteiger partial charge on any atom is -0.496 e. The van der Waals surface area contributed by atoms with Crippen LogP contribution in [-0.2, 0) is 0 Å². The third-order valence-corrected chi connectivity index (χ3v) is 5.73. The number of nitrogens with two attached hydrogens (primary N) is 1. The molecule has 0 unspecified atom stereocenters. The Morgan fingerprint density at radius 3 is 2.48 bits per heavy atom. The summed E-state index contributed by atoms with van der Waals surface area (Å²) in [4.78, 5) is 30.3. The maximum atomic E-state index is 13.2. The summed E-state index contributed by atoms with van der Waals surface area (Å²) in [5, 5.41) is 17.0. The van der Waals surface area contributed by atoms with Crippen molar-refractivity contribution in [3.63, 3.8) is 0 Å². The van der Waals surface area contributed by atoms with Crippen molar-refractivity contribution in [2.45, 2.75) is 18.8 Å². The fourth-order valence-corrected chi connectivity index (χ4v) is 3.90. The number of hydrogen-bond donors (Lipinski definition) is 2. The van der Waals surface area contributed by atoms with Gasteiger partial charge in [-0.3, -0.25) is 9.78 Å². The average molecular weight is 451 g/mol. The molecule has 1 amide bonds. The van der Waals surface area contributed by atoms with Gasteiger partial charge in [0.1, 0.15) is 22.8 Å². The van der Waals surface area contributed by atoms with Gasteiger partial charge in [0.15, 0.2) is 5.82 Å². The van der Waals surface area contributed by atoms with Crippen LogP contribution in [0.5, 0.6) is 5.75 Å². The first-order valence-corrected chi connectivity index (χ1v) is 10.3. The van der Waals surface area contributed by atoms with Crippen LogP contribution in [0.1, 0.15) is 45.3 Å². The number of pyridine rings is 1. The molecular formula is C23H22FN5O4. The van der Waals surface area contributed by atoms with Gasteiger partial charge >= 0.3 is 5.97 Å². The fourth-order valence-electron chi connectivity index (χ4n) is 3.90. The molecule has 0 saturated carbocycles. The monoisotopic (exact) mass is 451 g/mol. The summed E-state index contributed by atoms with van der Waals surface area (Å²) >= 11 is 0. The molecule has 0 aliphatic carbocycles. The number of benzene rings is 1. The Balaban J connectivity index is 1.47. The highest BCUT2D eigenvalue weighted by molar-refractivity contribution is 5.94. The Labute approximate surface area is 189 Å². The van der Waals surface area contributed by atoms with Crippen molar-refractivity contribution in [3.8, 4) is 16.9 Å². The number of carbonyl (C=O) groups excluding carboxylic acids is 1. The first-order valence-electron chi connectivity index (χ1n) is 10.3. The van der Waals surface area contributed by atoms with E-state index in [1.165, 1.54) is 25.3 Å². The number of nitrogens with zero attached hydrogens (tertiary/aromatic N) is 4. The second kappa shape index (κ2) is 9.19. The summed E-state index contributed by atoms with van der Waals surface area (Å²) < 4.78 is 18.7. The normalized spacial score (nSPS) is 14.2. The topological polar surface area (TPSA) is 132 Å². The van der Waals surface area contributed by atoms with E-state index in [2.05, 4.69) is 15.2 Å². The van der Waals surface area contributed by atoms with E-state index in [1.54, 1.807) is 29.3 Å². The lowest BCUT2D eigenvalue weighted by molar-refractivity contribution is 0.0695. The maximum absolute atomic E-state index is 13.2. The molecule has 10 heteroatoms. The van der Waals surface area contributed by atoms with Crippen LogP contribution in [-0.4, -0.2) is 57.3 Å². The Morgan fingerprint density at radius 2 is 1.85 bits per heavy atom. The van der Waals surface area contributed by atoms with Crippen LogP contribution in [0.15, 0.2) is 42.6 Å². The first kappa shape index (κ1) is 22.1. The number of ether oxygens (including phenoxy) is 1. The van der Waals surface area contributed by atoms with E-state index in [0.717, 1.165) is 5.56 Å². The molecular weight excluding hydrogens is 429 g/mol. The summed E-state index contributed by atoms with van der Waals surface area (Å²) in [6, 6.07) is 8.98. The number of piperidine rings is 1. The highest BCUT2D eigenvalue weighted by atomic mass is 19.1. The standard InChI is InChI=1S/C23H22FN5O4/c1-33-20-11-19(26-12-17(20)13-2-4-15(24)5-3-13)22(30)29-8-6-14(7-9-29)18-10-16(23(31)32)21(25)28-27-18/h2-5,10-12,14H,6-9H2,1H3,(H2,25,28)(H,31,32). The SMILES string of the molecule is COc1cc(C(=O)N2CCC(c3cc(C(=O)O)c(N)nn3)CC2)ncc1-c1ccc(F)cc1. The number of halogens is 1. The molecule has 0 bridgehead atoms. The van der Waals surface area contributed by atoms with Crippen LogP contribution < -0.4 is 10.5 Å². The first-order chi connectivity index (χ1) is 15.9. The lowest BCUT2D eigenvalue weighted by atomic mass is 9.92. The highest BCUT2D eigenvalue weighted by Crippen LogP contribution is 2.32. The fraction of sp³-hybridized carbons (Fsp3) is 0.261. The third-order valence-electron chi connectivity index (χ3n) is 5.73. The van der Waals surface area contributed by atoms with Gasteiger partial charge in [-0.25, -0.2) is 9.18 Å². The summed E-state index contributed by atoms with van der Waals surface area (Å²) in [5.41, 5.74) is 7.69. The number of rotatable bonds is 5. The Hall–Kier alpha value is -4.08. The largest absolute Gasteiger partial charge is 0.496 e. The molecule has 1 saturated heterocycles. The minimum absolute atomic E-state index is 0.0244. The molecule has 1 aliphatic heterocycles. The number of carboxylic acids is 1. The zero-order valence-corrected chi connectivity index (χ0v) is 17.9. The maximum Gasteiger partial charge on any atom is 0.339 e. The molecule has 170 valence electrons. The highest BCUT2D eigenvalue weighted by Gasteiger charge is 2.28. The van der Waals surface area contributed by atoms with E-state index in [1.807, 2.05) is 0 Å². The molecule has 1 aliphatic rings. The number of likely N-dealkylation sites (tertiary alicyclic amines) is 1. The van der Waals surface area contributed by atoms with Crippen LogP contribution in [0.2, 0.25) is 0 Å². The Bertz CT molecular complexity index is 1190. The van der Waals surface area contributed by atoms with Crippen molar-refractivity contribution in [3.05, 3.63) is 65.4 Å². The number of hydrogen-bond acceptors (Lipinski definition) is 7. The smallest absolute Gasteiger partial charge is 0.339 e. The lowest BCUT2D eigenvalue weighted by Gasteiger charge is -2.31. The summed E-state index contributed by atoms with van der Waals surface area (Å²) in [6.45, 7) is 0.920. The molecule has 3 heterocycles. The molecule has 2 aromatic heterocycles. The van der Waals surface area contributed by atoms with Crippen molar-refractivity contribution in [1.29, 1.82) is 0 Å². The van der Waals surface area contributed by atoms with Gasteiger partial charge < -0.3 is 20.5 Å². The number of methoxy groups -OCH3 is 1. The Kier molecular flexibility index (Phi) is 6.16. The van der Waals surface area contributed by atoms with Gasteiger partial charge in [0.25, 0.3) is 5.91 Å². The predicted octanol–water partition coefficient (Wildman–Crippen LogP) is 2.99. The number of aromatic nitrogens is 3. The molecule has 0 atom stereocenters. The molecule has 1 aromatic carbocycles. The number of aromatic carboxylic acids is 1. The second-order valence-electron chi connectivity index (χ2n) is 7.72. The zero-order valence-electron chi connectivity index (χ0n) is 17.9. The van der Waals surface area contributed by atoms with E-state index >= 15 is 0 Å². The third kappa shape index (κ3) is 4.59. The summed E-state index contributed by atoms with van der Waals surface area (Å²) in [5.74, 6) is -1.41. The van der Waals surface area contributed by atoms with Crippen LogP contribution >= 0.6 is 0 Å². The van der Waals surface area contributed by atoms with Crippen molar-refractivity contribution in [1.82, 2.24) is 20.1 Å². The Morgan fingerprint density at radius 1 is 1.15 bits per heavy atom. The molecule has 1 fully saturated rings. The molecule has 9 nitrogen and oxygen atoms in total. The summed E-state index contributed by atoms with van der Waals surface area (Å²) in [6.07, 6.45) is 2.76. The van der Waals surface area contributed by atoms with Crippen molar-refractivity contribution >= 4 is 17.7 Å². The molecule has 4 rings (SSSR count). The van der Waals surface area contributed by atoms with E-state index in [9.17, 15) is 19.1 Å². The molecule has 3 N–H and O–H groups in total. The van der Waals surface area contributed by atoms with E-state index in [-0.39, 0.29) is 34.7 Å². The van der Waals surface area contributed by atoms with Gasteiger partial charge in [0.2, 0.25) is 0 Å². The van der Waals surface area contributed by atoms with Crippen molar-refractivity contribution in [2.75, 3.05) is 25.9 Å². The van der Waals surface area contributed by atoms with Gasteiger partial charge in [-0.2, -0.15) is 5.10 Å². The van der Waals surface area contributed by atoms with Gasteiger partial charge in [0.05, 0.1) is 12.8 Å².